The quantitative estimate of drug-likeness (QED) is 0.423. The smallest absolute Gasteiger partial charge is 0.102 e. The predicted molar refractivity (Wildman–Crippen MR) is 30.6 cm³/mol. The zero-order chi connectivity index (χ0) is 5.98. The van der Waals surface area contributed by atoms with Gasteiger partial charge in [0.2, 0.25) is 0 Å². The van der Waals surface area contributed by atoms with E-state index in [9.17, 15) is 0 Å². The third kappa shape index (κ3) is 1.32. The van der Waals surface area contributed by atoms with Crippen LogP contribution in [0.3, 0.4) is 0 Å². The molecule has 1 N–H and O–H groups in total. The number of aliphatic hydroxyl groups excluding tert-OH is 1. The van der Waals surface area contributed by atoms with Crippen molar-refractivity contribution >= 4 is 0 Å². The molecule has 0 aromatic heterocycles. The van der Waals surface area contributed by atoms with Crippen molar-refractivity contribution in [3.8, 4) is 0 Å². The maximum Gasteiger partial charge on any atom is 0.102 e. The molecule has 1 atom stereocenters. The minimum absolute atomic E-state index is 0.193. The van der Waals surface area contributed by atoms with Crippen molar-refractivity contribution < 1.29 is 9.84 Å². The van der Waals surface area contributed by atoms with Gasteiger partial charge >= 0.3 is 0 Å². The summed E-state index contributed by atoms with van der Waals surface area (Å²) in [4.78, 5) is 0. The molecular weight excluding hydrogens is 104 g/mol. The highest BCUT2D eigenvalue weighted by atomic mass is 16.6. The van der Waals surface area contributed by atoms with Gasteiger partial charge in [0.25, 0.3) is 0 Å². The van der Waals surface area contributed by atoms with Gasteiger partial charge in [0.1, 0.15) is 6.10 Å². The highest BCUT2D eigenvalue weighted by molar-refractivity contribution is 5.07. The SMILES string of the molecule is C=C(CCO)C1CO1. The average Bonchev–Trinajstić information content (AvgIpc) is 2.45. The fourth-order valence-electron chi connectivity index (χ4n) is 0.588. The van der Waals surface area contributed by atoms with E-state index < -0.39 is 0 Å². The maximum absolute atomic E-state index is 8.40. The lowest BCUT2D eigenvalue weighted by Crippen LogP contribution is -1.93. The van der Waals surface area contributed by atoms with Crippen LogP contribution in [0.1, 0.15) is 6.42 Å². The first-order chi connectivity index (χ1) is 3.84. The van der Waals surface area contributed by atoms with E-state index in [1.165, 1.54) is 0 Å². The van der Waals surface area contributed by atoms with Crippen molar-refractivity contribution in [3.63, 3.8) is 0 Å². The van der Waals surface area contributed by atoms with Crippen molar-refractivity contribution in [2.45, 2.75) is 12.5 Å². The van der Waals surface area contributed by atoms with E-state index in [-0.39, 0.29) is 12.7 Å². The molecule has 1 rings (SSSR count). The Morgan fingerprint density at radius 1 is 1.88 bits per heavy atom. The summed E-state index contributed by atoms with van der Waals surface area (Å²) in [5, 5.41) is 8.40. The minimum atomic E-state index is 0.193. The van der Waals surface area contributed by atoms with Crippen molar-refractivity contribution in [3.05, 3.63) is 12.2 Å². The Morgan fingerprint density at radius 3 is 2.88 bits per heavy atom. The molecule has 0 bridgehead atoms. The molecule has 8 heavy (non-hydrogen) atoms. The van der Waals surface area contributed by atoms with Gasteiger partial charge in [-0.2, -0.15) is 0 Å². The van der Waals surface area contributed by atoms with Crippen molar-refractivity contribution in [2.75, 3.05) is 13.2 Å². The molecular formula is C6H10O2. The van der Waals surface area contributed by atoms with E-state index in [2.05, 4.69) is 6.58 Å². The first-order valence-corrected chi connectivity index (χ1v) is 2.74. The standard InChI is InChI=1S/C6H10O2/c1-5(2-3-7)6-4-8-6/h6-7H,1-4H2. The molecule has 0 radical (unpaired) electrons. The summed E-state index contributed by atoms with van der Waals surface area (Å²) in [6, 6.07) is 0. The summed E-state index contributed by atoms with van der Waals surface area (Å²) < 4.78 is 4.91. The number of hydrogen-bond donors (Lipinski definition) is 1. The summed E-state index contributed by atoms with van der Waals surface area (Å²) in [6.07, 6.45) is 0.951. The second-order valence-electron chi connectivity index (χ2n) is 1.95. The van der Waals surface area contributed by atoms with E-state index in [4.69, 9.17) is 9.84 Å². The second-order valence-corrected chi connectivity index (χ2v) is 1.95. The molecule has 2 nitrogen and oxygen atoms in total. The molecule has 0 amide bonds. The Morgan fingerprint density at radius 2 is 2.50 bits per heavy atom. The molecule has 0 aromatic carbocycles. The molecule has 0 aromatic rings. The molecule has 1 saturated heterocycles. The van der Waals surface area contributed by atoms with Gasteiger partial charge in [-0.1, -0.05) is 6.58 Å². The summed E-state index contributed by atoms with van der Waals surface area (Å²) in [6.45, 7) is 4.72. The molecule has 1 fully saturated rings. The molecule has 1 aliphatic heterocycles. The second kappa shape index (κ2) is 2.29. The van der Waals surface area contributed by atoms with Gasteiger partial charge in [0, 0.05) is 6.61 Å². The van der Waals surface area contributed by atoms with Crippen LogP contribution in [-0.2, 0) is 4.74 Å². The highest BCUT2D eigenvalue weighted by Crippen LogP contribution is 2.19. The number of aliphatic hydroxyl groups is 1. The Kier molecular flexibility index (Phi) is 1.65. The Bertz CT molecular complexity index is 94.7. The van der Waals surface area contributed by atoms with Crippen LogP contribution in [0.5, 0.6) is 0 Å². The van der Waals surface area contributed by atoms with Crippen LogP contribution < -0.4 is 0 Å². The van der Waals surface area contributed by atoms with Crippen molar-refractivity contribution in [1.29, 1.82) is 0 Å². The average molecular weight is 114 g/mol. The Labute approximate surface area is 48.8 Å². The number of epoxide rings is 1. The summed E-state index contributed by atoms with van der Waals surface area (Å²) in [5.41, 5.74) is 1.02. The van der Waals surface area contributed by atoms with Crippen LogP contribution >= 0.6 is 0 Å². The molecule has 0 saturated carbocycles. The van der Waals surface area contributed by atoms with E-state index in [1.54, 1.807) is 0 Å². The number of hydrogen-bond acceptors (Lipinski definition) is 2. The summed E-state index contributed by atoms with van der Waals surface area (Å²) >= 11 is 0. The van der Waals surface area contributed by atoms with E-state index in [0.717, 1.165) is 12.2 Å². The van der Waals surface area contributed by atoms with Gasteiger partial charge in [0.05, 0.1) is 6.61 Å². The molecule has 0 aliphatic carbocycles. The Balaban J connectivity index is 2.13. The van der Waals surface area contributed by atoms with Crippen LogP contribution in [-0.4, -0.2) is 24.4 Å². The zero-order valence-corrected chi connectivity index (χ0v) is 4.76. The van der Waals surface area contributed by atoms with E-state index in [1.807, 2.05) is 0 Å². The molecule has 1 heterocycles. The van der Waals surface area contributed by atoms with Gasteiger partial charge in [-0.05, 0) is 12.0 Å². The van der Waals surface area contributed by atoms with E-state index >= 15 is 0 Å². The maximum atomic E-state index is 8.40. The monoisotopic (exact) mass is 114 g/mol. The fraction of sp³-hybridized carbons (Fsp3) is 0.667. The normalized spacial score (nSPS) is 25.4. The fourth-order valence-corrected chi connectivity index (χ4v) is 0.588. The lowest BCUT2D eigenvalue weighted by atomic mass is 10.2. The highest BCUT2D eigenvalue weighted by Gasteiger charge is 2.24. The number of rotatable bonds is 3. The predicted octanol–water partition coefficient (Wildman–Crippen LogP) is 0.324. The summed E-state index contributed by atoms with van der Waals surface area (Å²) in [7, 11) is 0. The minimum Gasteiger partial charge on any atom is -0.396 e. The van der Waals surface area contributed by atoms with Crippen molar-refractivity contribution in [2.24, 2.45) is 0 Å². The molecule has 0 spiro atoms. The Hall–Kier alpha value is -0.340. The topological polar surface area (TPSA) is 32.8 Å². The zero-order valence-electron chi connectivity index (χ0n) is 4.76. The largest absolute Gasteiger partial charge is 0.396 e. The molecule has 1 aliphatic rings. The van der Waals surface area contributed by atoms with Gasteiger partial charge in [-0.15, -0.1) is 0 Å². The lowest BCUT2D eigenvalue weighted by Gasteiger charge is -1.93. The van der Waals surface area contributed by atoms with E-state index in [0.29, 0.717) is 6.42 Å². The van der Waals surface area contributed by atoms with Gasteiger partial charge in [0.15, 0.2) is 0 Å². The van der Waals surface area contributed by atoms with Crippen LogP contribution in [0.15, 0.2) is 12.2 Å². The third-order valence-corrected chi connectivity index (χ3v) is 1.22. The third-order valence-electron chi connectivity index (χ3n) is 1.22. The lowest BCUT2D eigenvalue weighted by molar-refractivity contribution is 0.294. The first kappa shape index (κ1) is 5.79. The van der Waals surface area contributed by atoms with Gasteiger partial charge in [-0.25, -0.2) is 0 Å². The number of ether oxygens (including phenoxy) is 1. The van der Waals surface area contributed by atoms with Gasteiger partial charge < -0.3 is 9.84 Å². The molecule has 46 valence electrons. The van der Waals surface area contributed by atoms with Crippen LogP contribution in [0.25, 0.3) is 0 Å². The first-order valence-electron chi connectivity index (χ1n) is 2.74. The van der Waals surface area contributed by atoms with Crippen LogP contribution in [0, 0.1) is 0 Å². The van der Waals surface area contributed by atoms with Crippen LogP contribution in [0.4, 0.5) is 0 Å². The molecule has 2 heteroatoms. The van der Waals surface area contributed by atoms with Gasteiger partial charge in [-0.3, -0.25) is 0 Å². The summed E-state index contributed by atoms with van der Waals surface area (Å²) in [5.74, 6) is 0. The van der Waals surface area contributed by atoms with Crippen molar-refractivity contribution in [1.82, 2.24) is 0 Å². The van der Waals surface area contributed by atoms with Crippen LogP contribution in [0.2, 0.25) is 0 Å². The molecule has 1 unspecified atom stereocenters.